The third-order valence-electron chi connectivity index (χ3n) is 2.25. The second kappa shape index (κ2) is 8.03. The van der Waals surface area contributed by atoms with Gasteiger partial charge in [-0.05, 0) is 12.2 Å². The second-order valence-electron chi connectivity index (χ2n) is 3.51. The van der Waals surface area contributed by atoms with Gasteiger partial charge in [0.25, 0.3) is 0 Å². The van der Waals surface area contributed by atoms with E-state index in [1.54, 1.807) is 18.8 Å². The molecule has 1 saturated heterocycles. The van der Waals surface area contributed by atoms with Crippen molar-refractivity contribution >= 4 is 41.7 Å². The van der Waals surface area contributed by atoms with Crippen molar-refractivity contribution in [3.05, 3.63) is 0 Å². The number of guanidine groups is 1. The van der Waals surface area contributed by atoms with E-state index >= 15 is 0 Å². The normalized spacial score (nSPS) is 24.4. The van der Waals surface area contributed by atoms with Crippen molar-refractivity contribution < 1.29 is 5.11 Å². The number of nitrogens with zero attached hydrogens (tertiary/aromatic N) is 1. The van der Waals surface area contributed by atoms with Crippen LogP contribution in [0.2, 0.25) is 0 Å². The largest absolute Gasteiger partial charge is 0.387 e. The highest BCUT2D eigenvalue weighted by Gasteiger charge is 2.31. The van der Waals surface area contributed by atoms with E-state index in [2.05, 4.69) is 21.5 Å². The SMILES string of the molecule is C#CCNC(=NC)NCC1(O)CCSC1.I. The minimum atomic E-state index is -0.599. The summed E-state index contributed by atoms with van der Waals surface area (Å²) in [4.78, 5) is 4.00. The predicted octanol–water partition coefficient (Wildman–Crippen LogP) is 0.271. The van der Waals surface area contributed by atoms with Gasteiger partial charge in [0, 0.05) is 19.3 Å². The van der Waals surface area contributed by atoms with Crippen molar-refractivity contribution in [3.8, 4) is 12.3 Å². The van der Waals surface area contributed by atoms with Crippen LogP contribution in [0.15, 0.2) is 4.99 Å². The Bertz CT molecular complexity index is 272. The quantitative estimate of drug-likeness (QED) is 0.295. The summed E-state index contributed by atoms with van der Waals surface area (Å²) in [6.07, 6.45) is 5.96. The van der Waals surface area contributed by atoms with E-state index in [1.807, 2.05) is 0 Å². The summed E-state index contributed by atoms with van der Waals surface area (Å²) in [5.74, 6) is 4.91. The molecule has 1 fully saturated rings. The molecule has 0 amide bonds. The molecular weight excluding hydrogens is 337 g/mol. The fourth-order valence-corrected chi connectivity index (χ4v) is 2.63. The van der Waals surface area contributed by atoms with Crippen LogP contribution in [0.4, 0.5) is 0 Å². The van der Waals surface area contributed by atoms with Crippen LogP contribution < -0.4 is 10.6 Å². The molecule has 0 aliphatic carbocycles. The summed E-state index contributed by atoms with van der Waals surface area (Å²) in [5.41, 5.74) is -0.599. The van der Waals surface area contributed by atoms with Gasteiger partial charge < -0.3 is 15.7 Å². The zero-order valence-electron chi connectivity index (χ0n) is 9.32. The standard InChI is InChI=1S/C10H17N3OS.HI/c1-3-5-12-9(11-2)13-7-10(14)4-6-15-8-10;/h1,14H,4-8H2,2H3,(H2,11,12,13);1H. The summed E-state index contributed by atoms with van der Waals surface area (Å²) >= 11 is 1.78. The summed E-state index contributed by atoms with van der Waals surface area (Å²) in [6, 6.07) is 0. The molecule has 0 saturated carbocycles. The van der Waals surface area contributed by atoms with Gasteiger partial charge in [-0.1, -0.05) is 5.92 Å². The molecule has 1 aliphatic heterocycles. The molecule has 0 bridgehead atoms. The molecule has 4 nitrogen and oxygen atoms in total. The molecule has 1 heterocycles. The van der Waals surface area contributed by atoms with Gasteiger partial charge in [0.05, 0.1) is 12.1 Å². The fraction of sp³-hybridized carbons (Fsp3) is 0.700. The molecule has 92 valence electrons. The minimum absolute atomic E-state index is 0. The Morgan fingerprint density at radius 1 is 1.62 bits per heavy atom. The monoisotopic (exact) mass is 355 g/mol. The molecule has 0 radical (unpaired) electrons. The van der Waals surface area contributed by atoms with E-state index in [0.29, 0.717) is 19.0 Å². The summed E-state index contributed by atoms with van der Waals surface area (Å²) in [6.45, 7) is 0.955. The van der Waals surface area contributed by atoms with Crippen LogP contribution in [0.5, 0.6) is 0 Å². The first-order valence-electron chi connectivity index (χ1n) is 4.88. The van der Waals surface area contributed by atoms with E-state index in [1.165, 1.54) is 0 Å². The van der Waals surface area contributed by atoms with Crippen LogP contribution >= 0.6 is 35.7 Å². The number of hydrogen-bond acceptors (Lipinski definition) is 3. The van der Waals surface area contributed by atoms with Gasteiger partial charge in [-0.15, -0.1) is 30.4 Å². The fourth-order valence-electron chi connectivity index (χ4n) is 1.34. The third kappa shape index (κ3) is 5.27. The van der Waals surface area contributed by atoms with Crippen molar-refractivity contribution in [2.24, 2.45) is 4.99 Å². The molecule has 0 aromatic carbocycles. The average molecular weight is 355 g/mol. The Morgan fingerprint density at radius 3 is 2.88 bits per heavy atom. The Kier molecular flexibility index (Phi) is 7.97. The highest BCUT2D eigenvalue weighted by atomic mass is 127. The molecule has 3 N–H and O–H groups in total. The van der Waals surface area contributed by atoms with Crippen molar-refractivity contribution in [2.75, 3.05) is 31.6 Å². The zero-order chi connectivity index (χ0) is 11.1. The summed E-state index contributed by atoms with van der Waals surface area (Å²) in [5, 5.41) is 16.1. The summed E-state index contributed by atoms with van der Waals surface area (Å²) < 4.78 is 0. The molecule has 1 rings (SSSR count). The Morgan fingerprint density at radius 2 is 2.38 bits per heavy atom. The van der Waals surface area contributed by atoms with Crippen molar-refractivity contribution in [3.63, 3.8) is 0 Å². The first-order chi connectivity index (χ1) is 7.20. The van der Waals surface area contributed by atoms with E-state index < -0.39 is 5.60 Å². The van der Waals surface area contributed by atoms with Crippen LogP contribution in [0.1, 0.15) is 6.42 Å². The molecule has 1 atom stereocenters. The molecule has 0 spiro atoms. The van der Waals surface area contributed by atoms with Gasteiger partial charge in [-0.3, -0.25) is 4.99 Å². The van der Waals surface area contributed by atoms with Gasteiger partial charge in [0.1, 0.15) is 0 Å². The number of nitrogens with one attached hydrogen (secondary N) is 2. The van der Waals surface area contributed by atoms with Gasteiger partial charge in [-0.25, -0.2) is 0 Å². The molecule has 1 unspecified atom stereocenters. The van der Waals surface area contributed by atoms with E-state index in [4.69, 9.17) is 6.42 Å². The number of aliphatic imine (C=N–C) groups is 1. The van der Waals surface area contributed by atoms with E-state index in [-0.39, 0.29) is 24.0 Å². The molecule has 0 aromatic heterocycles. The lowest BCUT2D eigenvalue weighted by atomic mass is 10.0. The highest BCUT2D eigenvalue weighted by Crippen LogP contribution is 2.26. The zero-order valence-corrected chi connectivity index (χ0v) is 12.5. The number of thioether (sulfide) groups is 1. The van der Waals surface area contributed by atoms with Crippen molar-refractivity contribution in [2.45, 2.75) is 12.0 Å². The van der Waals surface area contributed by atoms with E-state index in [9.17, 15) is 5.11 Å². The molecular formula is C10H18IN3OS. The lowest BCUT2D eigenvalue weighted by Crippen LogP contribution is -2.47. The van der Waals surface area contributed by atoms with Gasteiger partial charge >= 0.3 is 0 Å². The van der Waals surface area contributed by atoms with Crippen LogP contribution in [-0.2, 0) is 0 Å². The number of rotatable bonds is 3. The number of hydrogen-bond donors (Lipinski definition) is 3. The maximum absolute atomic E-state index is 10.1. The van der Waals surface area contributed by atoms with Gasteiger partial charge in [-0.2, -0.15) is 11.8 Å². The minimum Gasteiger partial charge on any atom is -0.387 e. The van der Waals surface area contributed by atoms with Crippen molar-refractivity contribution in [1.29, 1.82) is 0 Å². The molecule has 16 heavy (non-hydrogen) atoms. The van der Waals surface area contributed by atoms with Crippen LogP contribution in [0.3, 0.4) is 0 Å². The topological polar surface area (TPSA) is 56.7 Å². The van der Waals surface area contributed by atoms with Crippen molar-refractivity contribution in [1.82, 2.24) is 10.6 Å². The average Bonchev–Trinajstić information content (AvgIpc) is 2.66. The lowest BCUT2D eigenvalue weighted by molar-refractivity contribution is 0.0724. The number of halogens is 1. The Hall–Kier alpha value is -0.130. The van der Waals surface area contributed by atoms with Gasteiger partial charge in [0.15, 0.2) is 5.96 Å². The first-order valence-corrected chi connectivity index (χ1v) is 6.04. The molecule has 0 aromatic rings. The molecule has 6 heteroatoms. The molecule has 1 aliphatic rings. The first kappa shape index (κ1) is 15.9. The smallest absolute Gasteiger partial charge is 0.191 e. The predicted molar refractivity (Wildman–Crippen MR) is 80.5 cm³/mol. The van der Waals surface area contributed by atoms with Crippen LogP contribution in [-0.4, -0.2) is 48.3 Å². The van der Waals surface area contributed by atoms with E-state index in [0.717, 1.165) is 17.9 Å². The third-order valence-corrected chi connectivity index (χ3v) is 3.48. The number of aliphatic hydroxyl groups is 1. The van der Waals surface area contributed by atoms with Crippen LogP contribution in [0.25, 0.3) is 0 Å². The maximum Gasteiger partial charge on any atom is 0.191 e. The van der Waals surface area contributed by atoms with Crippen LogP contribution in [0, 0.1) is 12.3 Å². The van der Waals surface area contributed by atoms with Gasteiger partial charge in [0.2, 0.25) is 0 Å². The maximum atomic E-state index is 10.1. The Balaban J connectivity index is 0.00000225. The summed E-state index contributed by atoms with van der Waals surface area (Å²) in [7, 11) is 1.68. The lowest BCUT2D eigenvalue weighted by Gasteiger charge is -2.22. The highest BCUT2D eigenvalue weighted by molar-refractivity contribution is 14.0. The second-order valence-corrected chi connectivity index (χ2v) is 4.62. The Labute approximate surface area is 118 Å². The number of terminal acetylenes is 1.